The van der Waals surface area contributed by atoms with Crippen LogP contribution in [0.3, 0.4) is 0 Å². The van der Waals surface area contributed by atoms with Gasteiger partial charge in [-0.05, 0) is 35.2 Å². The van der Waals surface area contributed by atoms with E-state index in [0.717, 1.165) is 46.9 Å². The Balaban J connectivity index is 1.55. The van der Waals surface area contributed by atoms with Crippen LogP contribution in [0.5, 0.6) is 11.5 Å². The van der Waals surface area contributed by atoms with Crippen LogP contribution in [0.25, 0.3) is 5.70 Å². The summed E-state index contributed by atoms with van der Waals surface area (Å²) in [4.78, 5) is 13.5. The average Bonchev–Trinajstić information content (AvgIpc) is 3.22. The second kappa shape index (κ2) is 7.47. The molecule has 2 heterocycles. The summed E-state index contributed by atoms with van der Waals surface area (Å²) < 4.78 is 11.0. The Bertz CT molecular complexity index is 1030. The summed E-state index contributed by atoms with van der Waals surface area (Å²) in [6.07, 6.45) is 2.63. The van der Waals surface area contributed by atoms with Gasteiger partial charge >= 0.3 is 0 Å². The minimum atomic E-state index is -0.342. The van der Waals surface area contributed by atoms with E-state index in [9.17, 15) is 4.79 Å². The van der Waals surface area contributed by atoms with Gasteiger partial charge in [0.05, 0.1) is 5.92 Å². The van der Waals surface area contributed by atoms with Gasteiger partial charge in [-0.1, -0.05) is 60.7 Å². The van der Waals surface area contributed by atoms with E-state index in [1.807, 2.05) is 72.8 Å². The molecule has 144 valence electrons. The molecule has 0 aromatic heterocycles. The normalized spacial score (nSPS) is 15.8. The first-order valence-electron chi connectivity index (χ1n) is 9.82. The molecule has 4 nitrogen and oxygen atoms in total. The Morgan fingerprint density at radius 1 is 0.897 bits per heavy atom. The minimum absolute atomic E-state index is 0.0513. The molecule has 0 unspecified atom stereocenters. The van der Waals surface area contributed by atoms with E-state index in [0.29, 0.717) is 0 Å². The molecule has 0 aliphatic carbocycles. The van der Waals surface area contributed by atoms with Crippen molar-refractivity contribution in [2.24, 2.45) is 0 Å². The fraction of sp³-hybridized carbons (Fsp3) is 0.160. The van der Waals surface area contributed by atoms with Crippen molar-refractivity contribution in [1.29, 1.82) is 0 Å². The van der Waals surface area contributed by atoms with Crippen LogP contribution in [0.2, 0.25) is 0 Å². The molecular weight excluding hydrogens is 362 g/mol. The molecule has 0 saturated heterocycles. The molecule has 5 rings (SSSR count). The van der Waals surface area contributed by atoms with Gasteiger partial charge in [0.1, 0.15) is 0 Å². The molecule has 0 amide bonds. The van der Waals surface area contributed by atoms with Crippen molar-refractivity contribution in [3.63, 3.8) is 0 Å². The van der Waals surface area contributed by atoms with Crippen molar-refractivity contribution in [2.75, 3.05) is 13.3 Å². The van der Waals surface area contributed by atoms with Crippen molar-refractivity contribution in [3.8, 4) is 11.5 Å². The second-order valence-electron chi connectivity index (χ2n) is 7.25. The SMILES string of the molecule is O=C(C=C1NCCc2cc3c(cc21)OCO3)C(c1ccccc1)c1ccccc1. The first-order chi connectivity index (χ1) is 14.3. The summed E-state index contributed by atoms with van der Waals surface area (Å²) in [5.74, 6) is 1.22. The maximum absolute atomic E-state index is 13.5. The zero-order valence-electron chi connectivity index (χ0n) is 15.9. The van der Waals surface area contributed by atoms with E-state index in [-0.39, 0.29) is 18.5 Å². The molecule has 0 bridgehead atoms. The molecule has 29 heavy (non-hydrogen) atoms. The van der Waals surface area contributed by atoms with Crippen molar-refractivity contribution < 1.29 is 14.3 Å². The molecule has 1 N–H and O–H groups in total. The van der Waals surface area contributed by atoms with Crippen molar-refractivity contribution in [1.82, 2.24) is 5.32 Å². The van der Waals surface area contributed by atoms with Crippen LogP contribution in [0.1, 0.15) is 28.2 Å². The molecule has 2 aliphatic heterocycles. The van der Waals surface area contributed by atoms with Gasteiger partial charge in [0.2, 0.25) is 6.79 Å². The summed E-state index contributed by atoms with van der Waals surface area (Å²) in [6.45, 7) is 1.03. The lowest BCUT2D eigenvalue weighted by Gasteiger charge is -2.22. The van der Waals surface area contributed by atoms with E-state index >= 15 is 0 Å². The Labute approximate surface area is 169 Å². The van der Waals surface area contributed by atoms with Gasteiger partial charge in [-0.3, -0.25) is 4.79 Å². The third-order valence-electron chi connectivity index (χ3n) is 5.44. The van der Waals surface area contributed by atoms with Gasteiger partial charge in [0.15, 0.2) is 17.3 Å². The number of ether oxygens (including phenoxy) is 2. The molecule has 0 saturated carbocycles. The predicted octanol–water partition coefficient (Wildman–Crippen LogP) is 4.30. The van der Waals surface area contributed by atoms with E-state index in [1.165, 1.54) is 5.56 Å². The van der Waals surface area contributed by atoms with Gasteiger partial charge in [0.25, 0.3) is 0 Å². The van der Waals surface area contributed by atoms with Crippen LogP contribution in [0, 0.1) is 0 Å². The summed E-state index contributed by atoms with van der Waals surface area (Å²) in [5.41, 5.74) is 4.99. The summed E-state index contributed by atoms with van der Waals surface area (Å²) >= 11 is 0. The summed E-state index contributed by atoms with van der Waals surface area (Å²) in [7, 11) is 0. The first-order valence-corrected chi connectivity index (χ1v) is 9.82. The van der Waals surface area contributed by atoms with Crippen molar-refractivity contribution in [3.05, 3.63) is 101 Å². The van der Waals surface area contributed by atoms with Crippen molar-refractivity contribution >= 4 is 11.5 Å². The number of benzene rings is 3. The highest BCUT2D eigenvalue weighted by Gasteiger charge is 2.25. The zero-order chi connectivity index (χ0) is 19.6. The highest BCUT2D eigenvalue weighted by atomic mass is 16.7. The van der Waals surface area contributed by atoms with Crippen LogP contribution >= 0.6 is 0 Å². The van der Waals surface area contributed by atoms with E-state index < -0.39 is 0 Å². The number of ketones is 1. The summed E-state index contributed by atoms with van der Waals surface area (Å²) in [5, 5.41) is 3.40. The molecule has 0 atom stereocenters. The lowest BCUT2D eigenvalue weighted by atomic mass is 9.86. The van der Waals surface area contributed by atoms with Crippen LogP contribution < -0.4 is 14.8 Å². The molecule has 3 aromatic carbocycles. The van der Waals surface area contributed by atoms with Crippen LogP contribution in [0.4, 0.5) is 0 Å². The van der Waals surface area contributed by atoms with Gasteiger partial charge < -0.3 is 14.8 Å². The maximum atomic E-state index is 13.5. The minimum Gasteiger partial charge on any atom is -0.454 e. The summed E-state index contributed by atoms with van der Waals surface area (Å²) in [6, 6.07) is 23.9. The topological polar surface area (TPSA) is 47.6 Å². The van der Waals surface area contributed by atoms with E-state index in [4.69, 9.17) is 9.47 Å². The van der Waals surface area contributed by atoms with Crippen LogP contribution in [-0.4, -0.2) is 19.1 Å². The molecule has 2 aliphatic rings. The number of rotatable bonds is 4. The molecule has 0 radical (unpaired) electrons. The number of hydrogen-bond acceptors (Lipinski definition) is 4. The molecular formula is C25H21NO3. The number of carbonyl (C=O) groups is 1. The average molecular weight is 383 g/mol. The monoisotopic (exact) mass is 383 g/mol. The Kier molecular flexibility index (Phi) is 4.53. The third-order valence-corrected chi connectivity index (χ3v) is 5.44. The smallest absolute Gasteiger partial charge is 0.231 e. The van der Waals surface area contributed by atoms with Gasteiger partial charge in [-0.25, -0.2) is 0 Å². The number of nitrogens with one attached hydrogen (secondary N) is 1. The number of carbonyl (C=O) groups excluding carboxylic acids is 1. The van der Waals surface area contributed by atoms with Crippen molar-refractivity contribution in [2.45, 2.75) is 12.3 Å². The fourth-order valence-corrected chi connectivity index (χ4v) is 4.04. The molecule has 4 heteroatoms. The first kappa shape index (κ1) is 17.6. The van der Waals surface area contributed by atoms with Gasteiger partial charge in [0, 0.05) is 23.9 Å². The fourth-order valence-electron chi connectivity index (χ4n) is 4.04. The zero-order valence-corrected chi connectivity index (χ0v) is 15.9. The second-order valence-corrected chi connectivity index (χ2v) is 7.25. The van der Waals surface area contributed by atoms with Gasteiger partial charge in [-0.2, -0.15) is 0 Å². The largest absolute Gasteiger partial charge is 0.454 e. The Hall–Kier alpha value is -3.53. The Morgan fingerprint density at radius 3 is 2.17 bits per heavy atom. The lowest BCUT2D eigenvalue weighted by molar-refractivity contribution is -0.115. The number of fused-ring (bicyclic) bond motifs is 2. The molecule has 0 fully saturated rings. The maximum Gasteiger partial charge on any atom is 0.231 e. The van der Waals surface area contributed by atoms with Gasteiger partial charge in [-0.15, -0.1) is 0 Å². The number of allylic oxidation sites excluding steroid dienone is 1. The molecule has 3 aromatic rings. The number of hydrogen-bond donors (Lipinski definition) is 1. The van der Waals surface area contributed by atoms with Crippen LogP contribution in [-0.2, 0) is 11.2 Å². The quantitative estimate of drug-likeness (QED) is 0.683. The van der Waals surface area contributed by atoms with Crippen LogP contribution in [0.15, 0.2) is 78.9 Å². The lowest BCUT2D eigenvalue weighted by Crippen LogP contribution is -2.24. The third kappa shape index (κ3) is 3.38. The standard InChI is InChI=1S/C25H21NO3/c27-22(25(17-7-3-1-4-8-17)18-9-5-2-6-10-18)15-21-20-14-24-23(28-16-29-24)13-19(20)11-12-26-21/h1-10,13-15,25-26H,11-12,16H2. The highest BCUT2D eigenvalue weighted by molar-refractivity contribution is 6.03. The van der Waals surface area contributed by atoms with E-state index in [2.05, 4.69) is 5.32 Å². The highest BCUT2D eigenvalue weighted by Crippen LogP contribution is 2.38. The predicted molar refractivity (Wildman–Crippen MR) is 112 cm³/mol. The van der Waals surface area contributed by atoms with E-state index in [1.54, 1.807) is 6.08 Å². The molecule has 0 spiro atoms. The Morgan fingerprint density at radius 2 is 1.52 bits per heavy atom.